The van der Waals surface area contributed by atoms with Gasteiger partial charge in [-0.15, -0.1) is 0 Å². The molecule has 0 unspecified atom stereocenters. The molecular formula is C33H27N. The van der Waals surface area contributed by atoms with Gasteiger partial charge in [-0.05, 0) is 76.2 Å². The van der Waals surface area contributed by atoms with Gasteiger partial charge in [-0.3, -0.25) is 0 Å². The second-order valence-electron chi connectivity index (χ2n) is 8.99. The minimum atomic E-state index is -0.311. The second kappa shape index (κ2) is 8.04. The third-order valence-corrected chi connectivity index (χ3v) is 7.23. The Kier molecular flexibility index (Phi) is 4.85. The van der Waals surface area contributed by atoms with E-state index in [2.05, 4.69) is 146 Å². The van der Waals surface area contributed by atoms with Crippen LogP contribution in [0.5, 0.6) is 0 Å². The highest BCUT2D eigenvalue weighted by Gasteiger charge is 2.49. The zero-order valence-electron chi connectivity index (χ0n) is 19.6. The van der Waals surface area contributed by atoms with E-state index < -0.39 is 0 Å². The van der Waals surface area contributed by atoms with Crippen LogP contribution >= 0.6 is 0 Å². The number of allylic oxidation sites excluding steroid dienone is 4. The van der Waals surface area contributed by atoms with Crippen LogP contribution in [0.2, 0.25) is 0 Å². The first kappa shape index (κ1) is 20.5. The van der Waals surface area contributed by atoms with E-state index >= 15 is 0 Å². The first-order chi connectivity index (χ1) is 16.7. The van der Waals surface area contributed by atoms with Gasteiger partial charge in [0.25, 0.3) is 0 Å². The molecule has 0 amide bonds. The first-order valence-corrected chi connectivity index (χ1v) is 11.9. The topological polar surface area (TPSA) is 3.24 Å². The van der Waals surface area contributed by atoms with Crippen LogP contribution in [0.25, 0.3) is 17.2 Å². The summed E-state index contributed by atoms with van der Waals surface area (Å²) in [5.41, 5.74) is 11.4. The van der Waals surface area contributed by atoms with Crippen molar-refractivity contribution in [3.05, 3.63) is 155 Å². The van der Waals surface area contributed by atoms with Crippen molar-refractivity contribution in [3.8, 4) is 11.1 Å². The lowest BCUT2D eigenvalue weighted by molar-refractivity contribution is 0.784. The van der Waals surface area contributed by atoms with Gasteiger partial charge in [-0.25, -0.2) is 0 Å². The van der Waals surface area contributed by atoms with Gasteiger partial charge >= 0.3 is 0 Å². The zero-order chi connectivity index (χ0) is 23.1. The van der Waals surface area contributed by atoms with Gasteiger partial charge in [0.2, 0.25) is 0 Å². The summed E-state index contributed by atoms with van der Waals surface area (Å²) in [5.74, 6) is 0. The molecule has 0 N–H and O–H groups in total. The predicted molar refractivity (Wildman–Crippen MR) is 144 cm³/mol. The fraction of sp³-hybridized carbons (Fsp3) is 0.0909. The molecular weight excluding hydrogens is 410 g/mol. The number of hydrogen-bond acceptors (Lipinski definition) is 1. The molecule has 0 aliphatic heterocycles. The van der Waals surface area contributed by atoms with Crippen molar-refractivity contribution in [1.82, 2.24) is 0 Å². The van der Waals surface area contributed by atoms with Crippen molar-refractivity contribution in [3.63, 3.8) is 0 Å². The van der Waals surface area contributed by atoms with E-state index in [1.54, 1.807) is 0 Å². The molecule has 0 saturated heterocycles. The summed E-state index contributed by atoms with van der Waals surface area (Å²) in [6, 6.07) is 37.3. The first-order valence-electron chi connectivity index (χ1n) is 11.9. The quantitative estimate of drug-likeness (QED) is 0.292. The number of anilines is 1. The number of para-hydroxylation sites is 1. The third kappa shape index (κ3) is 2.87. The maximum absolute atomic E-state index is 2.39. The largest absolute Gasteiger partial charge is 0.345 e. The van der Waals surface area contributed by atoms with E-state index in [1.807, 2.05) is 0 Å². The highest BCUT2D eigenvalue weighted by Crippen LogP contribution is 2.60. The van der Waals surface area contributed by atoms with Crippen molar-refractivity contribution < 1.29 is 0 Å². The molecule has 6 rings (SSSR count). The summed E-state index contributed by atoms with van der Waals surface area (Å²) in [6.45, 7) is 2.08. The SMILES string of the molecule is C/C=C\C(=C/C1=Cc2ccccc2C12c1ccccc1-c1ccccc12)N(C)c1ccccc1. The Hall–Kier alpha value is -4.10. The standard InChI is InChI=1S/C33H27N/c1-3-13-27(34(2)26-15-5-4-6-16-26)23-25-22-24-14-7-10-19-30(24)33(25)31-20-11-8-17-28(31)29-18-9-12-21-32(29)33/h3-23H,1-2H3/b13-3-,27-23+. The fourth-order valence-electron chi connectivity index (χ4n) is 5.77. The highest BCUT2D eigenvalue weighted by molar-refractivity contribution is 5.92. The Balaban J connectivity index is 1.63. The Morgan fingerprint density at radius 2 is 1.24 bits per heavy atom. The van der Waals surface area contributed by atoms with E-state index in [-0.39, 0.29) is 5.41 Å². The van der Waals surface area contributed by atoms with Crippen molar-refractivity contribution >= 4 is 11.8 Å². The molecule has 1 spiro atoms. The van der Waals surface area contributed by atoms with Gasteiger partial charge in [-0.2, -0.15) is 0 Å². The number of nitrogens with zero attached hydrogens (tertiary/aromatic N) is 1. The normalized spacial score (nSPS) is 15.2. The molecule has 2 aliphatic rings. The lowest BCUT2D eigenvalue weighted by Crippen LogP contribution is -2.27. The minimum Gasteiger partial charge on any atom is -0.345 e. The molecule has 4 aromatic carbocycles. The Bertz CT molecular complexity index is 1420. The number of fused-ring (bicyclic) bond motifs is 7. The molecule has 2 aliphatic carbocycles. The maximum atomic E-state index is 2.39. The van der Waals surface area contributed by atoms with Crippen LogP contribution in [-0.2, 0) is 5.41 Å². The van der Waals surface area contributed by atoms with Crippen LogP contribution in [0.3, 0.4) is 0 Å². The highest BCUT2D eigenvalue weighted by atomic mass is 15.1. The average Bonchev–Trinajstić information content (AvgIpc) is 3.38. The van der Waals surface area contributed by atoms with Crippen molar-refractivity contribution in [1.29, 1.82) is 0 Å². The van der Waals surface area contributed by atoms with Gasteiger partial charge < -0.3 is 4.90 Å². The molecule has 0 radical (unpaired) electrons. The monoisotopic (exact) mass is 437 g/mol. The molecule has 34 heavy (non-hydrogen) atoms. The summed E-state index contributed by atoms with van der Waals surface area (Å²) < 4.78 is 0. The molecule has 4 aromatic rings. The fourth-order valence-corrected chi connectivity index (χ4v) is 5.77. The van der Waals surface area contributed by atoms with Gasteiger partial charge in [0.05, 0.1) is 5.41 Å². The number of hydrogen-bond donors (Lipinski definition) is 0. The maximum Gasteiger partial charge on any atom is 0.0720 e. The number of benzene rings is 4. The summed E-state index contributed by atoms with van der Waals surface area (Å²) in [7, 11) is 2.15. The van der Waals surface area contributed by atoms with Crippen LogP contribution in [0.15, 0.2) is 133 Å². The van der Waals surface area contributed by atoms with E-state index in [4.69, 9.17) is 0 Å². The summed E-state index contributed by atoms with van der Waals surface area (Å²) in [4.78, 5) is 2.27. The Labute approximate surface area is 202 Å². The van der Waals surface area contributed by atoms with E-state index in [9.17, 15) is 0 Å². The summed E-state index contributed by atoms with van der Waals surface area (Å²) in [6.07, 6.45) is 9.09. The van der Waals surface area contributed by atoms with Crippen LogP contribution in [-0.4, -0.2) is 7.05 Å². The number of rotatable bonds is 4. The van der Waals surface area contributed by atoms with Gasteiger partial charge in [0, 0.05) is 18.4 Å². The van der Waals surface area contributed by atoms with Gasteiger partial charge in [0.15, 0.2) is 0 Å². The average molecular weight is 438 g/mol. The Morgan fingerprint density at radius 1 is 0.676 bits per heavy atom. The molecule has 1 nitrogen and oxygen atoms in total. The van der Waals surface area contributed by atoms with Crippen LogP contribution in [0.4, 0.5) is 5.69 Å². The van der Waals surface area contributed by atoms with Gasteiger partial charge in [0.1, 0.15) is 0 Å². The molecule has 0 fully saturated rings. The lowest BCUT2D eigenvalue weighted by Gasteiger charge is -2.32. The van der Waals surface area contributed by atoms with Crippen LogP contribution < -0.4 is 4.90 Å². The smallest absolute Gasteiger partial charge is 0.0720 e. The molecule has 0 bridgehead atoms. The lowest BCUT2D eigenvalue weighted by atomic mass is 9.69. The predicted octanol–water partition coefficient (Wildman–Crippen LogP) is 7.99. The van der Waals surface area contributed by atoms with E-state index in [1.165, 1.54) is 44.6 Å². The third-order valence-electron chi connectivity index (χ3n) is 7.23. The summed E-state index contributed by atoms with van der Waals surface area (Å²) >= 11 is 0. The molecule has 1 heteroatoms. The molecule has 0 saturated carbocycles. The molecule has 0 aromatic heterocycles. The number of likely N-dealkylation sites (N-methyl/N-ethyl adjacent to an activating group) is 1. The van der Waals surface area contributed by atoms with Crippen molar-refractivity contribution in [2.45, 2.75) is 12.3 Å². The van der Waals surface area contributed by atoms with E-state index in [0.717, 1.165) is 5.70 Å². The Morgan fingerprint density at radius 3 is 1.88 bits per heavy atom. The molecule has 0 heterocycles. The molecule has 0 atom stereocenters. The minimum absolute atomic E-state index is 0.311. The van der Waals surface area contributed by atoms with Crippen molar-refractivity contribution in [2.24, 2.45) is 0 Å². The van der Waals surface area contributed by atoms with E-state index in [0.29, 0.717) is 0 Å². The summed E-state index contributed by atoms with van der Waals surface area (Å²) in [5, 5.41) is 0. The van der Waals surface area contributed by atoms with Gasteiger partial charge in [-0.1, -0.05) is 97.1 Å². The van der Waals surface area contributed by atoms with Crippen LogP contribution in [0.1, 0.15) is 29.2 Å². The zero-order valence-corrected chi connectivity index (χ0v) is 19.6. The second-order valence-corrected chi connectivity index (χ2v) is 8.99. The van der Waals surface area contributed by atoms with Crippen LogP contribution in [0, 0.1) is 0 Å². The van der Waals surface area contributed by atoms with Crippen molar-refractivity contribution in [2.75, 3.05) is 11.9 Å². The molecule has 164 valence electrons.